The number of alkyl halides is 1. The first-order valence-corrected chi connectivity index (χ1v) is 12.2. The molecular weight excluding hydrogens is 622 g/mol. The third-order valence-electron chi connectivity index (χ3n) is 3.79. The average Bonchev–Trinajstić information content (AvgIpc) is 3.44. The molecule has 3 N–H and O–H groups in total. The number of aryl methyl sites for hydroxylation is 4. The molecule has 0 atom stereocenters. The SMILES string of the molecule is Cc1cc(=O)[nH]c(=S)[nH]1.Cc1cc(=O)[nH]c(SCc2cn(C)cn2)n1.Cn1cnc(CCl)c1.O=CO[O-].[H-].[K+].[K+]. The minimum absolute atomic E-state index is 0. The van der Waals surface area contributed by atoms with Gasteiger partial charge in [0.25, 0.3) is 17.6 Å². The molecule has 0 aromatic carbocycles. The van der Waals surface area contributed by atoms with Crippen LogP contribution in [0.2, 0.25) is 0 Å². The Hall–Kier alpha value is -0.257. The summed E-state index contributed by atoms with van der Waals surface area (Å²) in [7, 11) is 3.84. The first-order chi connectivity index (χ1) is 17.6. The van der Waals surface area contributed by atoms with Crippen LogP contribution in [0, 0.1) is 18.6 Å². The molecule has 0 aliphatic heterocycles. The summed E-state index contributed by atoms with van der Waals surface area (Å²) in [5, 5.41) is 9.07. The van der Waals surface area contributed by atoms with Gasteiger partial charge in [0, 0.05) is 55.8 Å². The van der Waals surface area contributed by atoms with Gasteiger partial charge >= 0.3 is 103 Å². The van der Waals surface area contributed by atoms with Crippen molar-refractivity contribution in [3.05, 3.63) is 85.4 Å². The predicted octanol–water partition coefficient (Wildman–Crippen LogP) is -4.44. The van der Waals surface area contributed by atoms with E-state index in [1.165, 1.54) is 23.9 Å². The second-order valence-corrected chi connectivity index (χ2v) is 8.78. The maximum absolute atomic E-state index is 11.2. The molecule has 0 bridgehead atoms. The topological polar surface area (TPSA) is 179 Å². The summed E-state index contributed by atoms with van der Waals surface area (Å²) in [6, 6.07) is 2.93. The van der Waals surface area contributed by atoms with Crippen molar-refractivity contribution in [2.45, 2.75) is 30.6 Å². The molecule has 0 fully saturated rings. The van der Waals surface area contributed by atoms with E-state index in [-0.39, 0.29) is 122 Å². The van der Waals surface area contributed by atoms with Gasteiger partial charge in [-0.1, -0.05) is 11.8 Å². The van der Waals surface area contributed by atoms with Gasteiger partial charge in [0.05, 0.1) is 29.9 Å². The monoisotopic (exact) mass is 648 g/mol. The Bertz CT molecular complexity index is 1400. The number of hydrogen-bond acceptors (Lipinski definition) is 10. The number of H-pyrrole nitrogens is 3. The van der Waals surface area contributed by atoms with Crippen LogP contribution in [0.5, 0.6) is 0 Å². The molecule has 18 heteroatoms. The summed E-state index contributed by atoms with van der Waals surface area (Å²) >= 11 is 11.6. The summed E-state index contributed by atoms with van der Waals surface area (Å²) in [4.78, 5) is 53.3. The normalized spacial score (nSPS) is 9.08. The van der Waals surface area contributed by atoms with Crippen molar-refractivity contribution < 1.29 is 119 Å². The number of nitrogens with zero attached hydrogens (tertiary/aromatic N) is 5. The molecule has 0 aliphatic rings. The molecule has 0 radical (unpaired) electrons. The van der Waals surface area contributed by atoms with Gasteiger partial charge in [0.15, 0.2) is 9.93 Å². The van der Waals surface area contributed by atoms with E-state index in [4.69, 9.17) is 21.7 Å². The fraction of sp³-hybridized carbons (Fsp3) is 0.286. The molecule has 0 saturated carbocycles. The van der Waals surface area contributed by atoms with Gasteiger partial charge in [-0.3, -0.25) is 19.4 Å². The summed E-state index contributed by atoms with van der Waals surface area (Å²) in [5.74, 6) is 1.20. The van der Waals surface area contributed by atoms with Crippen LogP contribution in [0.1, 0.15) is 24.2 Å². The van der Waals surface area contributed by atoms with Crippen LogP contribution < -0.4 is 119 Å². The van der Waals surface area contributed by atoms with E-state index in [0.717, 1.165) is 22.8 Å². The molecule has 0 aliphatic carbocycles. The summed E-state index contributed by atoms with van der Waals surface area (Å²) in [6.07, 6.45) is 7.33. The van der Waals surface area contributed by atoms with Gasteiger partial charge in [0.2, 0.25) is 0 Å². The van der Waals surface area contributed by atoms with Crippen molar-refractivity contribution in [3.8, 4) is 0 Å². The van der Waals surface area contributed by atoms with Crippen molar-refractivity contribution in [2.75, 3.05) is 0 Å². The number of carbonyl (C=O) groups excluding carboxylic acids is 1. The molecule has 4 rings (SSSR count). The predicted molar refractivity (Wildman–Crippen MR) is 140 cm³/mol. The first kappa shape index (κ1) is 40.9. The van der Waals surface area contributed by atoms with Crippen LogP contribution in [0.3, 0.4) is 0 Å². The van der Waals surface area contributed by atoms with E-state index >= 15 is 0 Å². The number of thioether (sulfide) groups is 1. The molecule has 4 aromatic heterocycles. The fourth-order valence-corrected chi connectivity index (χ4v) is 3.65. The van der Waals surface area contributed by atoms with Crippen molar-refractivity contribution in [3.63, 3.8) is 0 Å². The number of imidazole rings is 2. The smallest absolute Gasteiger partial charge is 1.00 e. The van der Waals surface area contributed by atoms with Gasteiger partial charge in [-0.15, -0.1) is 11.6 Å². The molecule has 0 spiro atoms. The minimum Gasteiger partial charge on any atom is -1.00 e. The molecule has 0 unspecified atom stereocenters. The second-order valence-electron chi connectivity index (χ2n) is 7.14. The fourth-order valence-electron chi connectivity index (χ4n) is 2.43. The third kappa shape index (κ3) is 19.5. The van der Waals surface area contributed by atoms with Gasteiger partial charge in [-0.2, -0.15) is 0 Å². The van der Waals surface area contributed by atoms with Gasteiger partial charge in [-0.05, 0) is 26.1 Å². The second kappa shape index (κ2) is 23.3. The summed E-state index contributed by atoms with van der Waals surface area (Å²) in [6.45, 7) is 3.41. The van der Waals surface area contributed by atoms with Crippen LogP contribution >= 0.6 is 35.6 Å². The van der Waals surface area contributed by atoms with Gasteiger partial charge in [0.1, 0.15) is 0 Å². The van der Waals surface area contributed by atoms with E-state index in [9.17, 15) is 9.59 Å². The number of rotatable bonds is 5. The van der Waals surface area contributed by atoms with Crippen molar-refractivity contribution in [1.82, 2.24) is 39.0 Å². The first-order valence-electron chi connectivity index (χ1n) is 10.3. The number of hydrogen-bond donors (Lipinski definition) is 3. The molecule has 0 saturated heterocycles. The molecule has 39 heavy (non-hydrogen) atoms. The van der Waals surface area contributed by atoms with Gasteiger partial charge in [-0.25, -0.2) is 15.0 Å². The van der Waals surface area contributed by atoms with E-state index in [1.54, 1.807) is 26.5 Å². The third-order valence-corrected chi connectivity index (χ3v) is 5.18. The maximum Gasteiger partial charge on any atom is 1.00 e. The van der Waals surface area contributed by atoms with Crippen LogP contribution in [0.4, 0.5) is 0 Å². The quantitative estimate of drug-likeness (QED) is 0.0279. The van der Waals surface area contributed by atoms with Crippen LogP contribution in [0.15, 0.2) is 51.9 Å². The summed E-state index contributed by atoms with van der Waals surface area (Å²) in [5.41, 5.74) is 3.13. The Morgan fingerprint density at radius 2 is 1.59 bits per heavy atom. The minimum atomic E-state index is -0.181. The largest absolute Gasteiger partial charge is 1.00 e. The molecule has 4 aromatic rings. The maximum atomic E-state index is 11.2. The van der Waals surface area contributed by atoms with Crippen LogP contribution in [-0.4, -0.2) is 45.5 Å². The Labute approximate surface area is 325 Å². The zero-order valence-electron chi connectivity index (χ0n) is 23.4. The van der Waals surface area contributed by atoms with Crippen molar-refractivity contribution in [2.24, 2.45) is 14.1 Å². The Morgan fingerprint density at radius 1 is 1.05 bits per heavy atom. The van der Waals surface area contributed by atoms with E-state index in [2.05, 4.69) is 47.0 Å². The Balaban J connectivity index is -0.000000493. The molecule has 0 amide bonds. The number of nitrogens with one attached hydrogen (secondary N) is 3. The Kier molecular flexibility index (Phi) is 24.4. The summed E-state index contributed by atoms with van der Waals surface area (Å²) < 4.78 is 4.14. The number of halogens is 1. The van der Waals surface area contributed by atoms with Crippen molar-refractivity contribution in [1.29, 1.82) is 0 Å². The molecule has 13 nitrogen and oxygen atoms in total. The van der Waals surface area contributed by atoms with E-state index in [0.29, 0.717) is 21.6 Å². The number of carbonyl (C=O) groups is 1. The standard InChI is InChI=1S/C10H12N4OS.C5H7ClN2.C5H6N2OS.CH2O3.2K.H/c1-7-3-9(15)13-10(12-7)16-5-8-4-14(2)6-11-8;1-8-3-5(2-6)7-4-8;1-3-2-4(8)7-5(9)6-3;2-1-4-3;;;/h3-4,6H,5H2,1-2H3,(H,12,13,15);3-4H,2H2,1H3;2H,1H3,(H2,6,7,8,9);1,3H;;;/q;;;;2*+1;-1/p-1. The van der Waals surface area contributed by atoms with Crippen LogP contribution in [-0.2, 0) is 35.4 Å². The number of aromatic nitrogens is 8. The molecule has 202 valence electrons. The van der Waals surface area contributed by atoms with Crippen molar-refractivity contribution >= 4 is 42.1 Å². The Morgan fingerprint density at radius 3 is 1.97 bits per heavy atom. The average molecular weight is 649 g/mol. The number of aromatic amines is 3. The zero-order valence-corrected chi connectivity index (χ0v) is 31.1. The van der Waals surface area contributed by atoms with E-state index < -0.39 is 0 Å². The van der Waals surface area contributed by atoms with Gasteiger partial charge < -0.3 is 30.7 Å². The van der Waals surface area contributed by atoms with Crippen LogP contribution in [0.25, 0.3) is 0 Å². The molecule has 4 heterocycles. The zero-order chi connectivity index (χ0) is 27.8. The molecular formula is C21H27ClK2N8O5S2. The van der Waals surface area contributed by atoms with E-state index in [1.807, 2.05) is 35.6 Å².